The molecule has 5 heteroatoms. The van der Waals surface area contributed by atoms with E-state index >= 15 is 0 Å². The number of hydrogen-bond donors (Lipinski definition) is 1. The van der Waals surface area contributed by atoms with Gasteiger partial charge in [0.2, 0.25) is 5.91 Å². The van der Waals surface area contributed by atoms with E-state index in [1.54, 1.807) is 11.8 Å². The number of hydrogen-bond acceptors (Lipinski definition) is 4. The molecule has 2 aliphatic rings. The van der Waals surface area contributed by atoms with Gasteiger partial charge in [-0.05, 0) is 23.3 Å². The van der Waals surface area contributed by atoms with Crippen LogP contribution < -0.4 is 4.74 Å². The van der Waals surface area contributed by atoms with E-state index in [0.29, 0.717) is 6.61 Å². The van der Waals surface area contributed by atoms with E-state index in [1.165, 1.54) is 0 Å². The number of amides is 1. The minimum atomic E-state index is -0.743. The highest BCUT2D eigenvalue weighted by molar-refractivity contribution is 8.00. The van der Waals surface area contributed by atoms with Crippen LogP contribution in [0.2, 0.25) is 0 Å². The molecule has 0 aliphatic carbocycles. The molecule has 2 fully saturated rings. The number of β-lactam (4-membered cyclic amide) rings is 1. The van der Waals surface area contributed by atoms with Gasteiger partial charge in [0.1, 0.15) is 12.4 Å². The lowest BCUT2D eigenvalue weighted by Crippen LogP contribution is -2.58. The summed E-state index contributed by atoms with van der Waals surface area (Å²) in [5.74, 6) is 1.48. The van der Waals surface area contributed by atoms with E-state index in [-0.39, 0.29) is 17.2 Å². The zero-order valence-electron chi connectivity index (χ0n) is 13.2. The van der Waals surface area contributed by atoms with Gasteiger partial charge in [0.25, 0.3) is 0 Å². The van der Waals surface area contributed by atoms with Crippen LogP contribution in [0.4, 0.5) is 0 Å². The smallest absolute Gasteiger partial charge is 0.232 e. The summed E-state index contributed by atoms with van der Waals surface area (Å²) < 4.78 is 5.76. The number of ether oxygens (including phenoxy) is 1. The molecule has 4 nitrogen and oxygen atoms in total. The molecular formula is C19H19NO3S. The predicted molar refractivity (Wildman–Crippen MR) is 93.6 cm³/mol. The second-order valence-corrected chi connectivity index (χ2v) is 7.33. The van der Waals surface area contributed by atoms with Crippen molar-refractivity contribution >= 4 is 17.7 Å². The summed E-state index contributed by atoms with van der Waals surface area (Å²) in [6.07, 6.45) is -0.743. The van der Waals surface area contributed by atoms with E-state index in [2.05, 4.69) is 0 Å². The summed E-state index contributed by atoms with van der Waals surface area (Å²) in [5, 5.41) is 10.7. The Bertz CT molecular complexity index is 719. The molecule has 3 atom stereocenters. The lowest BCUT2D eigenvalue weighted by molar-refractivity contribution is -0.156. The van der Waals surface area contributed by atoms with Crippen molar-refractivity contribution in [2.75, 3.05) is 12.3 Å². The molecule has 2 aromatic rings. The first-order valence-corrected chi connectivity index (χ1v) is 9.16. The number of thioether (sulfide) groups is 1. The average Bonchev–Trinajstić information content (AvgIpc) is 3.05. The van der Waals surface area contributed by atoms with E-state index in [1.807, 2.05) is 59.5 Å². The summed E-state index contributed by atoms with van der Waals surface area (Å²) in [7, 11) is 0. The third-order valence-electron chi connectivity index (χ3n) is 4.61. The van der Waals surface area contributed by atoms with Gasteiger partial charge in [-0.1, -0.05) is 42.5 Å². The number of aliphatic hydroxyl groups is 1. The number of rotatable bonds is 5. The Balaban J connectivity index is 1.39. The molecule has 124 valence electrons. The fourth-order valence-corrected chi connectivity index (χ4v) is 4.66. The highest BCUT2D eigenvalue weighted by Crippen LogP contribution is 2.45. The minimum absolute atomic E-state index is 0.0712. The molecule has 24 heavy (non-hydrogen) atoms. The zero-order valence-corrected chi connectivity index (χ0v) is 14.0. The maximum atomic E-state index is 12.1. The first-order valence-electron chi connectivity index (χ1n) is 8.11. The molecular weight excluding hydrogens is 322 g/mol. The van der Waals surface area contributed by atoms with E-state index in [9.17, 15) is 9.90 Å². The van der Waals surface area contributed by atoms with Crippen LogP contribution in [0.15, 0.2) is 54.6 Å². The van der Waals surface area contributed by atoms with Crippen molar-refractivity contribution in [1.29, 1.82) is 0 Å². The molecule has 1 amide bonds. The van der Waals surface area contributed by atoms with Crippen molar-refractivity contribution in [2.24, 2.45) is 5.92 Å². The number of nitrogens with zero attached hydrogens (tertiary/aromatic N) is 1. The van der Waals surface area contributed by atoms with Gasteiger partial charge >= 0.3 is 0 Å². The zero-order chi connectivity index (χ0) is 16.5. The summed E-state index contributed by atoms with van der Waals surface area (Å²) in [4.78, 5) is 14.0. The molecule has 2 aromatic carbocycles. The third-order valence-corrected chi connectivity index (χ3v) is 5.92. The van der Waals surface area contributed by atoms with Crippen molar-refractivity contribution in [3.63, 3.8) is 0 Å². The topological polar surface area (TPSA) is 49.8 Å². The normalized spacial score (nSPS) is 23.5. The standard InChI is InChI=1S/C19H19NO3S/c21-17(16-18(22)20-10-11-24-19(16)20)14-6-8-15(9-7-14)23-12-13-4-2-1-3-5-13/h1-9,16-17,19,21H,10-12H2. The number of carbonyl (C=O) groups is 1. The summed E-state index contributed by atoms with van der Waals surface area (Å²) >= 11 is 1.76. The fraction of sp³-hybridized carbons (Fsp3) is 0.316. The van der Waals surface area contributed by atoms with Crippen molar-refractivity contribution in [3.8, 4) is 5.75 Å². The highest BCUT2D eigenvalue weighted by atomic mass is 32.2. The van der Waals surface area contributed by atoms with Gasteiger partial charge in [-0.2, -0.15) is 0 Å². The molecule has 1 N–H and O–H groups in total. The number of benzene rings is 2. The summed E-state index contributed by atoms with van der Waals surface area (Å²) in [6, 6.07) is 17.4. The Labute approximate surface area is 145 Å². The third kappa shape index (κ3) is 2.78. The average molecular weight is 341 g/mol. The minimum Gasteiger partial charge on any atom is -0.489 e. The van der Waals surface area contributed by atoms with Crippen molar-refractivity contribution in [2.45, 2.75) is 18.1 Å². The Morgan fingerprint density at radius 3 is 2.67 bits per heavy atom. The van der Waals surface area contributed by atoms with Crippen LogP contribution in [0.3, 0.4) is 0 Å². The molecule has 2 aliphatic heterocycles. The van der Waals surface area contributed by atoms with Gasteiger partial charge in [0.05, 0.1) is 17.4 Å². The van der Waals surface area contributed by atoms with Crippen LogP contribution in [0.1, 0.15) is 17.2 Å². The fourth-order valence-electron chi connectivity index (χ4n) is 3.25. The van der Waals surface area contributed by atoms with Crippen LogP contribution in [0.25, 0.3) is 0 Å². The highest BCUT2D eigenvalue weighted by Gasteiger charge is 2.53. The van der Waals surface area contributed by atoms with Gasteiger partial charge in [-0.25, -0.2) is 0 Å². The van der Waals surface area contributed by atoms with E-state index in [4.69, 9.17) is 4.74 Å². The lowest BCUT2D eigenvalue weighted by atomic mass is 9.88. The number of carbonyl (C=O) groups excluding carboxylic acids is 1. The van der Waals surface area contributed by atoms with Crippen molar-refractivity contribution < 1.29 is 14.6 Å². The van der Waals surface area contributed by atoms with E-state index < -0.39 is 6.10 Å². The Kier molecular flexibility index (Phi) is 4.21. The number of fused-ring (bicyclic) bond motifs is 1. The maximum absolute atomic E-state index is 12.1. The second kappa shape index (κ2) is 6.49. The van der Waals surface area contributed by atoms with Crippen LogP contribution in [-0.4, -0.2) is 33.6 Å². The second-order valence-electron chi connectivity index (χ2n) is 6.11. The molecule has 2 saturated heterocycles. The van der Waals surface area contributed by atoms with Gasteiger partial charge in [-0.3, -0.25) is 4.79 Å². The quantitative estimate of drug-likeness (QED) is 0.850. The van der Waals surface area contributed by atoms with Crippen LogP contribution >= 0.6 is 11.8 Å². The van der Waals surface area contributed by atoms with Crippen LogP contribution in [0.5, 0.6) is 5.75 Å². The van der Waals surface area contributed by atoms with Crippen molar-refractivity contribution in [1.82, 2.24) is 4.90 Å². The summed E-state index contributed by atoms with van der Waals surface area (Å²) in [6.45, 7) is 1.32. The number of aliphatic hydroxyl groups excluding tert-OH is 1. The first-order chi connectivity index (χ1) is 11.7. The SMILES string of the molecule is O=C1C(C(O)c2ccc(OCc3ccccc3)cc2)C2SCCN12. The molecule has 0 bridgehead atoms. The van der Waals surface area contributed by atoms with Crippen LogP contribution in [-0.2, 0) is 11.4 Å². The van der Waals surface area contributed by atoms with Gasteiger partial charge in [0.15, 0.2) is 0 Å². The summed E-state index contributed by atoms with van der Waals surface area (Å²) in [5.41, 5.74) is 1.88. The van der Waals surface area contributed by atoms with E-state index in [0.717, 1.165) is 29.2 Å². The molecule has 0 aromatic heterocycles. The van der Waals surface area contributed by atoms with Crippen molar-refractivity contribution in [3.05, 3.63) is 65.7 Å². The molecule has 0 saturated carbocycles. The molecule has 2 heterocycles. The van der Waals surface area contributed by atoms with Gasteiger partial charge < -0.3 is 14.7 Å². The molecule has 4 rings (SSSR count). The van der Waals surface area contributed by atoms with Gasteiger partial charge in [-0.15, -0.1) is 11.8 Å². The predicted octanol–water partition coefficient (Wildman–Crippen LogP) is 2.83. The Hall–Kier alpha value is -1.98. The Morgan fingerprint density at radius 2 is 1.92 bits per heavy atom. The molecule has 3 unspecified atom stereocenters. The molecule has 0 spiro atoms. The van der Waals surface area contributed by atoms with Gasteiger partial charge in [0, 0.05) is 12.3 Å². The van der Waals surface area contributed by atoms with Crippen LogP contribution in [0, 0.1) is 5.92 Å². The maximum Gasteiger partial charge on any atom is 0.232 e. The lowest BCUT2D eigenvalue weighted by Gasteiger charge is -2.44. The molecule has 0 radical (unpaired) electrons. The Morgan fingerprint density at radius 1 is 1.17 bits per heavy atom. The first kappa shape index (κ1) is 15.5. The monoisotopic (exact) mass is 341 g/mol. The largest absolute Gasteiger partial charge is 0.489 e.